The van der Waals surface area contributed by atoms with Crippen molar-refractivity contribution in [3.05, 3.63) is 90.5 Å². The predicted molar refractivity (Wildman–Crippen MR) is 127 cm³/mol. The minimum absolute atomic E-state index is 0. The smallest absolute Gasteiger partial charge is 0.436 e. The SMILES string of the molecule is Br.Br.CC1(c2ccc(Oc3ccccc3)cc2)OC(=O)N(Nc2ccccc2)C1=N. The Labute approximate surface area is 195 Å². The number of halogens is 2. The molecule has 1 saturated heterocycles. The summed E-state index contributed by atoms with van der Waals surface area (Å²) in [7, 11) is 0. The molecule has 0 aliphatic carbocycles. The van der Waals surface area contributed by atoms with E-state index in [9.17, 15) is 4.79 Å². The van der Waals surface area contributed by atoms with Crippen LogP contribution in [0.2, 0.25) is 0 Å². The number of carbonyl (C=O) groups excluding carboxylic acids is 1. The summed E-state index contributed by atoms with van der Waals surface area (Å²) in [5.41, 5.74) is 3.11. The maximum Gasteiger partial charge on any atom is 0.436 e. The van der Waals surface area contributed by atoms with E-state index in [0.29, 0.717) is 17.0 Å². The van der Waals surface area contributed by atoms with Crippen molar-refractivity contribution in [2.75, 3.05) is 5.43 Å². The summed E-state index contributed by atoms with van der Waals surface area (Å²) in [6, 6.07) is 25.8. The average molecular weight is 535 g/mol. The summed E-state index contributed by atoms with van der Waals surface area (Å²) < 4.78 is 11.3. The first-order valence-electron chi connectivity index (χ1n) is 8.83. The molecule has 6 nitrogen and oxygen atoms in total. The first kappa shape index (κ1) is 23.4. The third-order valence-corrected chi connectivity index (χ3v) is 4.55. The van der Waals surface area contributed by atoms with E-state index in [2.05, 4.69) is 5.43 Å². The number of amidine groups is 1. The molecule has 0 spiro atoms. The normalized spacial score (nSPS) is 17.4. The molecular formula is C22H21Br2N3O3. The molecule has 156 valence electrons. The lowest BCUT2D eigenvalue weighted by molar-refractivity contribution is 0.0892. The Morgan fingerprint density at radius 3 is 2.00 bits per heavy atom. The fraction of sp³-hybridized carbons (Fsp3) is 0.0909. The molecule has 3 aromatic carbocycles. The zero-order chi connectivity index (χ0) is 19.6. The van der Waals surface area contributed by atoms with Crippen molar-refractivity contribution >= 4 is 51.6 Å². The van der Waals surface area contributed by atoms with E-state index in [1.165, 1.54) is 0 Å². The second kappa shape index (κ2) is 9.77. The second-order valence-electron chi connectivity index (χ2n) is 6.50. The minimum atomic E-state index is -1.19. The van der Waals surface area contributed by atoms with Gasteiger partial charge in [0.15, 0.2) is 11.4 Å². The van der Waals surface area contributed by atoms with Crippen molar-refractivity contribution in [2.45, 2.75) is 12.5 Å². The van der Waals surface area contributed by atoms with Crippen molar-refractivity contribution in [1.82, 2.24) is 5.01 Å². The lowest BCUT2D eigenvalue weighted by atomic mass is 9.95. The molecule has 8 heteroatoms. The van der Waals surface area contributed by atoms with Crippen molar-refractivity contribution in [2.24, 2.45) is 0 Å². The van der Waals surface area contributed by atoms with Gasteiger partial charge in [-0.2, -0.15) is 5.01 Å². The van der Waals surface area contributed by atoms with E-state index in [0.717, 1.165) is 10.8 Å². The number of hydrogen-bond donors (Lipinski definition) is 2. The van der Waals surface area contributed by atoms with Crippen LogP contribution >= 0.6 is 34.0 Å². The summed E-state index contributed by atoms with van der Waals surface area (Å²) in [4.78, 5) is 12.4. The number of para-hydroxylation sites is 2. The summed E-state index contributed by atoms with van der Waals surface area (Å²) in [6.07, 6.45) is -0.624. The van der Waals surface area contributed by atoms with Crippen LogP contribution in [0.25, 0.3) is 0 Å². The topological polar surface area (TPSA) is 74.7 Å². The van der Waals surface area contributed by atoms with Crippen LogP contribution in [0.15, 0.2) is 84.9 Å². The molecule has 0 radical (unpaired) electrons. The van der Waals surface area contributed by atoms with Crippen molar-refractivity contribution in [1.29, 1.82) is 5.41 Å². The lowest BCUT2D eigenvalue weighted by Crippen LogP contribution is -2.39. The Kier molecular flexibility index (Phi) is 7.64. The highest BCUT2D eigenvalue weighted by atomic mass is 79.9. The molecule has 1 amide bonds. The number of carbonyl (C=O) groups is 1. The van der Waals surface area contributed by atoms with E-state index in [-0.39, 0.29) is 39.8 Å². The second-order valence-corrected chi connectivity index (χ2v) is 6.50. The zero-order valence-corrected chi connectivity index (χ0v) is 19.5. The highest BCUT2D eigenvalue weighted by Gasteiger charge is 2.49. The van der Waals surface area contributed by atoms with Crippen LogP contribution in [0.5, 0.6) is 11.5 Å². The number of rotatable bonds is 5. The minimum Gasteiger partial charge on any atom is -0.457 e. The largest absolute Gasteiger partial charge is 0.457 e. The molecule has 2 N–H and O–H groups in total. The highest BCUT2D eigenvalue weighted by molar-refractivity contribution is 8.93. The summed E-state index contributed by atoms with van der Waals surface area (Å²) >= 11 is 0. The van der Waals surface area contributed by atoms with Crippen LogP contribution in [-0.4, -0.2) is 16.9 Å². The standard InChI is InChI=1S/C22H19N3O3.2BrH/c1-22(16-12-14-19(15-13-16)27-18-10-6-3-7-11-18)20(23)25(21(26)28-22)24-17-8-4-2-5-9-17;;/h2-15,23-24H,1H3;2*1H. The number of nitrogens with one attached hydrogen (secondary N) is 2. The van der Waals surface area contributed by atoms with E-state index >= 15 is 0 Å². The Balaban J connectivity index is 0.00000160. The molecule has 1 heterocycles. The lowest BCUT2D eigenvalue weighted by Gasteiger charge is -2.23. The molecule has 1 atom stereocenters. The average Bonchev–Trinajstić information content (AvgIpc) is 2.94. The van der Waals surface area contributed by atoms with Crippen molar-refractivity contribution in [3.63, 3.8) is 0 Å². The van der Waals surface area contributed by atoms with E-state index in [1.54, 1.807) is 31.2 Å². The van der Waals surface area contributed by atoms with Gasteiger partial charge in [0, 0.05) is 5.56 Å². The van der Waals surface area contributed by atoms with Gasteiger partial charge < -0.3 is 9.47 Å². The summed E-state index contributed by atoms with van der Waals surface area (Å²) in [5, 5.41) is 9.61. The molecule has 4 rings (SSSR count). The van der Waals surface area contributed by atoms with Crippen molar-refractivity contribution < 1.29 is 14.3 Å². The monoisotopic (exact) mass is 533 g/mol. The maximum atomic E-state index is 12.4. The maximum absolute atomic E-state index is 12.4. The molecule has 1 aliphatic rings. The fourth-order valence-corrected chi connectivity index (χ4v) is 2.98. The Morgan fingerprint density at radius 2 is 1.40 bits per heavy atom. The molecule has 3 aromatic rings. The Hall–Kier alpha value is -2.84. The molecule has 0 saturated carbocycles. The number of nitrogens with zero attached hydrogens (tertiary/aromatic N) is 1. The van der Waals surface area contributed by atoms with Gasteiger partial charge in [0.25, 0.3) is 0 Å². The van der Waals surface area contributed by atoms with Gasteiger partial charge in [0.05, 0.1) is 5.69 Å². The van der Waals surface area contributed by atoms with Crippen LogP contribution in [0, 0.1) is 5.41 Å². The van der Waals surface area contributed by atoms with Crippen LogP contribution in [0.1, 0.15) is 12.5 Å². The number of anilines is 1. The third-order valence-electron chi connectivity index (χ3n) is 4.55. The number of hydrogen-bond acceptors (Lipinski definition) is 5. The quantitative estimate of drug-likeness (QED) is 0.402. The van der Waals surface area contributed by atoms with Gasteiger partial charge >= 0.3 is 6.09 Å². The van der Waals surface area contributed by atoms with Crippen LogP contribution < -0.4 is 10.2 Å². The number of amides is 1. The van der Waals surface area contributed by atoms with Gasteiger partial charge in [0.2, 0.25) is 0 Å². The van der Waals surface area contributed by atoms with Crippen molar-refractivity contribution in [3.8, 4) is 11.5 Å². The van der Waals surface area contributed by atoms with E-state index in [1.807, 2.05) is 60.7 Å². The molecular weight excluding hydrogens is 514 g/mol. The first-order chi connectivity index (χ1) is 13.6. The van der Waals surface area contributed by atoms with Gasteiger partial charge in [0.1, 0.15) is 11.5 Å². The first-order valence-corrected chi connectivity index (χ1v) is 8.83. The molecule has 0 bridgehead atoms. The third kappa shape index (κ3) is 4.66. The Morgan fingerprint density at radius 1 is 0.867 bits per heavy atom. The van der Waals surface area contributed by atoms with Gasteiger partial charge in [-0.05, 0) is 43.3 Å². The highest BCUT2D eigenvalue weighted by Crippen LogP contribution is 2.35. The van der Waals surface area contributed by atoms with Gasteiger partial charge in [-0.1, -0.05) is 48.5 Å². The zero-order valence-electron chi connectivity index (χ0n) is 16.1. The van der Waals surface area contributed by atoms with Crippen LogP contribution in [0.4, 0.5) is 10.5 Å². The molecule has 30 heavy (non-hydrogen) atoms. The number of hydrazine groups is 1. The van der Waals surface area contributed by atoms with E-state index in [4.69, 9.17) is 14.9 Å². The summed E-state index contributed by atoms with van der Waals surface area (Å²) in [6.45, 7) is 1.70. The predicted octanol–water partition coefficient (Wildman–Crippen LogP) is 6.31. The number of cyclic esters (lactones) is 1. The van der Waals surface area contributed by atoms with E-state index < -0.39 is 11.7 Å². The molecule has 0 aromatic heterocycles. The van der Waals surface area contributed by atoms with Crippen LogP contribution in [-0.2, 0) is 10.3 Å². The van der Waals surface area contributed by atoms with Gasteiger partial charge in [-0.15, -0.1) is 34.0 Å². The van der Waals surface area contributed by atoms with Gasteiger partial charge in [-0.3, -0.25) is 10.8 Å². The molecule has 1 fully saturated rings. The number of ether oxygens (including phenoxy) is 2. The number of benzene rings is 3. The summed E-state index contributed by atoms with van der Waals surface area (Å²) in [5.74, 6) is 1.41. The molecule has 1 unspecified atom stereocenters. The molecule has 1 aliphatic heterocycles. The van der Waals surface area contributed by atoms with Gasteiger partial charge in [-0.25, -0.2) is 4.79 Å². The fourth-order valence-electron chi connectivity index (χ4n) is 2.98. The Bertz CT molecular complexity index is 1000. The van der Waals surface area contributed by atoms with Crippen LogP contribution in [0.3, 0.4) is 0 Å².